The Balaban J connectivity index is 2.06. The normalized spacial score (nSPS) is 10.6. The molecular formula is C16H19NO3S. The largest absolute Gasteiger partial charge is 0.459 e. The van der Waals surface area contributed by atoms with Gasteiger partial charge in [0.25, 0.3) is 5.91 Å². The molecule has 112 valence electrons. The van der Waals surface area contributed by atoms with Crippen LogP contribution in [-0.4, -0.2) is 35.6 Å². The second-order valence-corrected chi connectivity index (χ2v) is 5.53. The number of rotatable bonds is 7. The molecule has 1 aromatic carbocycles. The van der Waals surface area contributed by atoms with E-state index in [1.807, 2.05) is 43.3 Å². The first-order valence-corrected chi connectivity index (χ1v) is 7.89. The first-order chi connectivity index (χ1) is 10.3. The van der Waals surface area contributed by atoms with Crippen molar-refractivity contribution >= 4 is 17.7 Å². The minimum Gasteiger partial charge on any atom is -0.459 e. The van der Waals surface area contributed by atoms with E-state index in [1.165, 1.54) is 0 Å². The fraction of sp³-hybridized carbons (Fsp3) is 0.312. The summed E-state index contributed by atoms with van der Waals surface area (Å²) in [4.78, 5) is 15.1. The lowest BCUT2D eigenvalue weighted by molar-refractivity contribution is 0.0699. The van der Waals surface area contributed by atoms with E-state index in [1.54, 1.807) is 22.9 Å². The molecule has 0 saturated heterocycles. The Hall–Kier alpha value is -1.72. The molecule has 21 heavy (non-hydrogen) atoms. The number of aliphatic hydroxyl groups is 1. The van der Waals surface area contributed by atoms with Crippen molar-refractivity contribution in [2.75, 3.05) is 19.7 Å². The number of thioether (sulfide) groups is 1. The van der Waals surface area contributed by atoms with Gasteiger partial charge in [0.05, 0.1) is 12.9 Å². The monoisotopic (exact) mass is 305 g/mol. The van der Waals surface area contributed by atoms with E-state index in [9.17, 15) is 4.79 Å². The minimum atomic E-state index is -0.166. The number of amides is 1. The molecule has 0 saturated carbocycles. The number of aliphatic hydroxyl groups excluding tert-OH is 1. The molecule has 1 amide bonds. The van der Waals surface area contributed by atoms with Crippen LogP contribution in [0.5, 0.6) is 0 Å². The van der Waals surface area contributed by atoms with E-state index in [4.69, 9.17) is 9.52 Å². The van der Waals surface area contributed by atoms with Crippen LogP contribution in [0.25, 0.3) is 0 Å². The molecule has 5 heteroatoms. The molecule has 0 aliphatic rings. The van der Waals surface area contributed by atoms with Crippen molar-refractivity contribution in [3.63, 3.8) is 0 Å². The maximum Gasteiger partial charge on any atom is 0.289 e. The highest BCUT2D eigenvalue weighted by molar-refractivity contribution is 7.98. The summed E-state index contributed by atoms with van der Waals surface area (Å²) >= 11 is 1.66. The van der Waals surface area contributed by atoms with Gasteiger partial charge < -0.3 is 14.4 Å². The molecule has 1 heterocycles. The SMILES string of the molecule is CCN(CCO)C(=O)c1occc1CSc1ccccc1. The van der Waals surface area contributed by atoms with E-state index >= 15 is 0 Å². The van der Waals surface area contributed by atoms with Crippen molar-refractivity contribution in [3.05, 3.63) is 54.0 Å². The second kappa shape index (κ2) is 7.90. The number of nitrogens with zero attached hydrogens (tertiary/aromatic N) is 1. The van der Waals surface area contributed by atoms with Crippen LogP contribution in [-0.2, 0) is 5.75 Å². The second-order valence-electron chi connectivity index (χ2n) is 4.49. The summed E-state index contributed by atoms with van der Waals surface area (Å²) in [6, 6.07) is 11.9. The van der Waals surface area contributed by atoms with Gasteiger partial charge in [0.15, 0.2) is 5.76 Å². The van der Waals surface area contributed by atoms with E-state index in [2.05, 4.69) is 0 Å². The molecule has 0 fully saturated rings. The van der Waals surface area contributed by atoms with Crippen molar-refractivity contribution in [2.24, 2.45) is 0 Å². The van der Waals surface area contributed by atoms with Gasteiger partial charge in [-0.1, -0.05) is 18.2 Å². The van der Waals surface area contributed by atoms with Gasteiger partial charge in [-0.3, -0.25) is 4.79 Å². The number of likely N-dealkylation sites (N-methyl/N-ethyl adjacent to an activating group) is 1. The number of carbonyl (C=O) groups is 1. The van der Waals surface area contributed by atoms with Crippen LogP contribution in [0.15, 0.2) is 52.0 Å². The molecule has 2 rings (SSSR count). The predicted octanol–water partition coefficient (Wildman–Crippen LogP) is 3.03. The maximum absolute atomic E-state index is 12.4. The molecule has 0 atom stereocenters. The van der Waals surface area contributed by atoms with Gasteiger partial charge in [-0.2, -0.15) is 0 Å². The van der Waals surface area contributed by atoms with Crippen molar-refractivity contribution in [3.8, 4) is 0 Å². The van der Waals surface area contributed by atoms with Gasteiger partial charge >= 0.3 is 0 Å². The van der Waals surface area contributed by atoms with Crippen LogP contribution in [0.4, 0.5) is 0 Å². The van der Waals surface area contributed by atoms with E-state index in [0.717, 1.165) is 10.5 Å². The lowest BCUT2D eigenvalue weighted by Gasteiger charge is -2.18. The fourth-order valence-corrected chi connectivity index (χ4v) is 2.88. The molecule has 4 nitrogen and oxygen atoms in total. The summed E-state index contributed by atoms with van der Waals surface area (Å²) < 4.78 is 5.36. The Morgan fingerprint density at radius 1 is 1.29 bits per heavy atom. The predicted molar refractivity (Wildman–Crippen MR) is 83.4 cm³/mol. The average molecular weight is 305 g/mol. The molecular weight excluding hydrogens is 286 g/mol. The first kappa shape index (κ1) is 15.7. The Morgan fingerprint density at radius 3 is 2.71 bits per heavy atom. The minimum absolute atomic E-state index is 0.0472. The van der Waals surface area contributed by atoms with Gasteiger partial charge in [-0.15, -0.1) is 11.8 Å². The molecule has 0 spiro atoms. The molecule has 0 unspecified atom stereocenters. The van der Waals surface area contributed by atoms with Crippen LogP contribution >= 0.6 is 11.8 Å². The first-order valence-electron chi connectivity index (χ1n) is 6.90. The topological polar surface area (TPSA) is 53.7 Å². The summed E-state index contributed by atoms with van der Waals surface area (Å²) in [6.07, 6.45) is 1.54. The third kappa shape index (κ3) is 4.12. The highest BCUT2D eigenvalue weighted by Gasteiger charge is 2.20. The Bertz CT molecular complexity index is 568. The van der Waals surface area contributed by atoms with Crippen molar-refractivity contribution < 1.29 is 14.3 Å². The third-order valence-corrected chi connectivity index (χ3v) is 4.18. The van der Waals surface area contributed by atoms with Crippen LogP contribution in [0.1, 0.15) is 23.0 Å². The van der Waals surface area contributed by atoms with Gasteiger partial charge in [0, 0.05) is 29.3 Å². The number of hydrogen-bond donors (Lipinski definition) is 1. The van der Waals surface area contributed by atoms with Gasteiger partial charge in [-0.05, 0) is 25.1 Å². The van der Waals surface area contributed by atoms with Crippen LogP contribution in [0.3, 0.4) is 0 Å². The standard InChI is InChI=1S/C16H19NO3S/c1-2-17(9-10-18)16(19)15-13(8-11-20-15)12-21-14-6-4-3-5-7-14/h3-8,11,18H,2,9-10,12H2,1H3. The summed E-state index contributed by atoms with van der Waals surface area (Å²) in [5.41, 5.74) is 0.880. The molecule has 0 aliphatic heterocycles. The third-order valence-electron chi connectivity index (χ3n) is 3.12. The van der Waals surface area contributed by atoms with Gasteiger partial charge in [0.2, 0.25) is 0 Å². The Labute approximate surface area is 128 Å². The smallest absolute Gasteiger partial charge is 0.289 e. The van der Waals surface area contributed by atoms with E-state index in [0.29, 0.717) is 24.6 Å². The molecule has 0 bridgehead atoms. The highest BCUT2D eigenvalue weighted by atomic mass is 32.2. The average Bonchev–Trinajstić information content (AvgIpc) is 2.99. The zero-order chi connectivity index (χ0) is 15.1. The fourth-order valence-electron chi connectivity index (χ4n) is 1.98. The molecule has 1 N–H and O–H groups in total. The Morgan fingerprint density at radius 2 is 2.05 bits per heavy atom. The van der Waals surface area contributed by atoms with Crippen molar-refractivity contribution in [1.82, 2.24) is 4.90 Å². The Kier molecular flexibility index (Phi) is 5.90. The number of benzene rings is 1. The summed E-state index contributed by atoms with van der Waals surface area (Å²) in [7, 11) is 0. The van der Waals surface area contributed by atoms with Gasteiger partial charge in [-0.25, -0.2) is 0 Å². The maximum atomic E-state index is 12.4. The summed E-state index contributed by atoms with van der Waals surface area (Å²) in [5, 5.41) is 9.01. The molecule has 0 radical (unpaired) electrons. The van der Waals surface area contributed by atoms with Crippen LogP contribution in [0, 0.1) is 0 Å². The zero-order valence-electron chi connectivity index (χ0n) is 12.0. The van der Waals surface area contributed by atoms with Crippen molar-refractivity contribution in [1.29, 1.82) is 0 Å². The van der Waals surface area contributed by atoms with Crippen molar-refractivity contribution in [2.45, 2.75) is 17.6 Å². The number of hydrogen-bond acceptors (Lipinski definition) is 4. The summed E-state index contributed by atoms with van der Waals surface area (Å²) in [5.74, 6) is 0.882. The van der Waals surface area contributed by atoms with Crippen LogP contribution < -0.4 is 0 Å². The number of furan rings is 1. The number of carbonyl (C=O) groups excluding carboxylic acids is 1. The van der Waals surface area contributed by atoms with Crippen LogP contribution in [0.2, 0.25) is 0 Å². The zero-order valence-corrected chi connectivity index (χ0v) is 12.8. The molecule has 0 aliphatic carbocycles. The summed E-state index contributed by atoms with van der Waals surface area (Å²) in [6.45, 7) is 2.70. The van der Waals surface area contributed by atoms with Gasteiger partial charge in [0.1, 0.15) is 0 Å². The lowest BCUT2D eigenvalue weighted by atomic mass is 10.2. The van der Waals surface area contributed by atoms with E-state index < -0.39 is 0 Å². The van der Waals surface area contributed by atoms with E-state index in [-0.39, 0.29) is 12.5 Å². The molecule has 1 aromatic heterocycles. The lowest BCUT2D eigenvalue weighted by Crippen LogP contribution is -2.33. The quantitative estimate of drug-likeness (QED) is 0.799. The highest BCUT2D eigenvalue weighted by Crippen LogP contribution is 2.25. The molecule has 2 aromatic rings.